The van der Waals surface area contributed by atoms with Gasteiger partial charge in [0.05, 0.1) is 0 Å². The molecule has 1 atom stereocenters. The zero-order chi connectivity index (χ0) is 19.7. The van der Waals surface area contributed by atoms with Crippen molar-refractivity contribution in [1.29, 1.82) is 0 Å². The predicted octanol–water partition coefficient (Wildman–Crippen LogP) is 7.07. The zero-order valence-corrected chi connectivity index (χ0v) is 19.0. The summed E-state index contributed by atoms with van der Waals surface area (Å²) < 4.78 is 0. The van der Waals surface area contributed by atoms with Gasteiger partial charge in [0.2, 0.25) is 0 Å². The lowest BCUT2D eigenvalue weighted by Crippen LogP contribution is -2.34. The van der Waals surface area contributed by atoms with Crippen molar-refractivity contribution >= 4 is 0 Å². The van der Waals surface area contributed by atoms with E-state index in [1.54, 1.807) is 0 Å². The molecule has 0 aromatic carbocycles. The largest absolute Gasteiger partial charge is 0.330 e. The van der Waals surface area contributed by atoms with Crippen LogP contribution in [0.2, 0.25) is 0 Å². The average molecular weight is 369 g/mol. The molecular weight excluding hydrogens is 316 g/mol. The molecule has 0 aliphatic carbocycles. The molecule has 2 heteroatoms. The summed E-state index contributed by atoms with van der Waals surface area (Å²) >= 11 is 0. The molecular formula is C24H52N2. The van der Waals surface area contributed by atoms with Gasteiger partial charge in [-0.15, -0.1) is 0 Å². The second kappa shape index (κ2) is 17.0. The summed E-state index contributed by atoms with van der Waals surface area (Å²) in [6, 6.07) is 0.728. The molecule has 158 valence electrons. The predicted molar refractivity (Wildman–Crippen MR) is 120 cm³/mol. The van der Waals surface area contributed by atoms with Crippen molar-refractivity contribution in [3.05, 3.63) is 0 Å². The van der Waals surface area contributed by atoms with Crippen molar-refractivity contribution in [2.75, 3.05) is 13.1 Å². The summed E-state index contributed by atoms with van der Waals surface area (Å²) in [6.45, 7) is 13.9. The van der Waals surface area contributed by atoms with E-state index in [0.29, 0.717) is 5.41 Å². The standard InChI is InChI=1S/C24H52N2/c1-6-22(7-2)21-26-23(18-19-24(3,4)5)17-15-13-11-9-8-10-12-14-16-20-25/h22-23,26H,6-21,25H2,1-5H3. The molecule has 0 heterocycles. The van der Waals surface area contributed by atoms with Gasteiger partial charge in [0, 0.05) is 6.04 Å². The molecule has 0 spiro atoms. The Morgan fingerprint density at radius 2 is 1.23 bits per heavy atom. The Hall–Kier alpha value is -0.0800. The van der Waals surface area contributed by atoms with Crippen molar-refractivity contribution in [2.24, 2.45) is 17.1 Å². The van der Waals surface area contributed by atoms with E-state index in [1.807, 2.05) is 0 Å². The Kier molecular flexibility index (Phi) is 17.0. The molecule has 3 N–H and O–H groups in total. The Balaban J connectivity index is 3.87. The maximum Gasteiger partial charge on any atom is 0.00673 e. The molecule has 0 bridgehead atoms. The number of hydrogen-bond donors (Lipinski definition) is 2. The first-order chi connectivity index (χ1) is 12.4. The number of nitrogens with one attached hydrogen (secondary N) is 1. The van der Waals surface area contributed by atoms with Crippen LogP contribution in [-0.4, -0.2) is 19.1 Å². The van der Waals surface area contributed by atoms with Crippen molar-refractivity contribution in [3.8, 4) is 0 Å². The van der Waals surface area contributed by atoms with Gasteiger partial charge in [0.25, 0.3) is 0 Å². The maximum absolute atomic E-state index is 5.54. The molecule has 0 aromatic heterocycles. The third kappa shape index (κ3) is 17.3. The number of rotatable bonds is 18. The summed E-state index contributed by atoms with van der Waals surface area (Å²) in [5.41, 5.74) is 6.00. The van der Waals surface area contributed by atoms with Crippen LogP contribution in [0.4, 0.5) is 0 Å². The molecule has 0 saturated carbocycles. The lowest BCUT2D eigenvalue weighted by Gasteiger charge is -2.26. The number of hydrogen-bond acceptors (Lipinski definition) is 2. The molecule has 0 saturated heterocycles. The van der Waals surface area contributed by atoms with E-state index < -0.39 is 0 Å². The Bertz CT molecular complexity index is 278. The fourth-order valence-electron chi connectivity index (χ4n) is 3.64. The van der Waals surface area contributed by atoms with Gasteiger partial charge in [-0.25, -0.2) is 0 Å². The molecule has 0 aliphatic heterocycles. The van der Waals surface area contributed by atoms with E-state index in [4.69, 9.17) is 5.73 Å². The van der Waals surface area contributed by atoms with Gasteiger partial charge < -0.3 is 11.1 Å². The quantitative estimate of drug-likeness (QED) is 0.254. The van der Waals surface area contributed by atoms with E-state index in [2.05, 4.69) is 39.9 Å². The molecule has 2 nitrogen and oxygen atoms in total. The first kappa shape index (κ1) is 25.9. The first-order valence-corrected chi connectivity index (χ1v) is 11.9. The fraction of sp³-hybridized carbons (Fsp3) is 1.00. The van der Waals surface area contributed by atoms with Crippen LogP contribution in [0, 0.1) is 11.3 Å². The maximum atomic E-state index is 5.54. The lowest BCUT2D eigenvalue weighted by molar-refractivity contribution is 0.305. The minimum atomic E-state index is 0.457. The molecule has 0 radical (unpaired) electrons. The highest BCUT2D eigenvalue weighted by atomic mass is 14.9. The van der Waals surface area contributed by atoms with Crippen LogP contribution in [-0.2, 0) is 0 Å². The monoisotopic (exact) mass is 368 g/mol. The van der Waals surface area contributed by atoms with E-state index in [0.717, 1.165) is 18.5 Å². The summed E-state index contributed by atoms with van der Waals surface area (Å²) in [4.78, 5) is 0. The van der Waals surface area contributed by atoms with Gasteiger partial charge >= 0.3 is 0 Å². The zero-order valence-electron chi connectivity index (χ0n) is 19.0. The Morgan fingerprint density at radius 1 is 0.731 bits per heavy atom. The minimum Gasteiger partial charge on any atom is -0.330 e. The van der Waals surface area contributed by atoms with Gasteiger partial charge in [0.1, 0.15) is 0 Å². The van der Waals surface area contributed by atoms with Crippen molar-refractivity contribution in [1.82, 2.24) is 5.32 Å². The van der Waals surface area contributed by atoms with Gasteiger partial charge in [-0.05, 0) is 50.1 Å². The number of unbranched alkanes of at least 4 members (excludes halogenated alkanes) is 8. The molecule has 0 fully saturated rings. The van der Waals surface area contributed by atoms with Crippen LogP contribution in [0.5, 0.6) is 0 Å². The third-order valence-electron chi connectivity index (χ3n) is 5.85. The van der Waals surface area contributed by atoms with Gasteiger partial charge in [0.15, 0.2) is 0 Å². The second-order valence-electron chi connectivity index (χ2n) is 9.65. The second-order valence-corrected chi connectivity index (χ2v) is 9.65. The summed E-state index contributed by atoms with van der Waals surface area (Å²) in [5.74, 6) is 0.853. The molecule has 0 amide bonds. The molecule has 0 rings (SSSR count). The van der Waals surface area contributed by atoms with Gasteiger partial charge in [-0.3, -0.25) is 0 Å². The Morgan fingerprint density at radius 3 is 1.69 bits per heavy atom. The summed E-state index contributed by atoms with van der Waals surface area (Å²) in [6.07, 6.45) is 19.1. The topological polar surface area (TPSA) is 38.0 Å². The van der Waals surface area contributed by atoms with Gasteiger partial charge in [-0.2, -0.15) is 0 Å². The van der Waals surface area contributed by atoms with E-state index in [9.17, 15) is 0 Å². The first-order valence-electron chi connectivity index (χ1n) is 11.9. The molecule has 0 aliphatic rings. The van der Waals surface area contributed by atoms with E-state index >= 15 is 0 Å². The van der Waals surface area contributed by atoms with Crippen molar-refractivity contribution in [3.63, 3.8) is 0 Å². The third-order valence-corrected chi connectivity index (χ3v) is 5.85. The van der Waals surface area contributed by atoms with Crippen molar-refractivity contribution in [2.45, 2.75) is 131 Å². The molecule has 26 heavy (non-hydrogen) atoms. The van der Waals surface area contributed by atoms with Crippen molar-refractivity contribution < 1.29 is 0 Å². The van der Waals surface area contributed by atoms with Crippen LogP contribution < -0.4 is 11.1 Å². The fourth-order valence-corrected chi connectivity index (χ4v) is 3.64. The summed E-state index contributed by atoms with van der Waals surface area (Å²) in [5, 5.41) is 3.91. The molecule has 0 aromatic rings. The number of nitrogens with two attached hydrogens (primary N) is 1. The summed E-state index contributed by atoms with van der Waals surface area (Å²) in [7, 11) is 0. The van der Waals surface area contributed by atoms with E-state index in [-0.39, 0.29) is 0 Å². The lowest BCUT2D eigenvalue weighted by atomic mass is 9.87. The normalized spacial score (nSPS) is 13.5. The van der Waals surface area contributed by atoms with Crippen LogP contribution in [0.25, 0.3) is 0 Å². The Labute approximate surface area is 166 Å². The SMILES string of the molecule is CCC(CC)CNC(CCCCCCCCCCCN)CCC(C)(C)C. The van der Waals surface area contributed by atoms with Crippen LogP contribution in [0.1, 0.15) is 125 Å². The minimum absolute atomic E-state index is 0.457. The highest BCUT2D eigenvalue weighted by Gasteiger charge is 2.16. The highest BCUT2D eigenvalue weighted by molar-refractivity contribution is 4.73. The molecule has 1 unspecified atom stereocenters. The van der Waals surface area contributed by atoms with Gasteiger partial charge in [-0.1, -0.05) is 98.8 Å². The van der Waals surface area contributed by atoms with E-state index in [1.165, 1.54) is 96.4 Å². The smallest absolute Gasteiger partial charge is 0.00673 e. The van der Waals surface area contributed by atoms with Crippen LogP contribution >= 0.6 is 0 Å². The van der Waals surface area contributed by atoms with Crippen LogP contribution in [0.15, 0.2) is 0 Å². The van der Waals surface area contributed by atoms with Crippen LogP contribution in [0.3, 0.4) is 0 Å². The average Bonchev–Trinajstić information content (AvgIpc) is 2.60. The highest BCUT2D eigenvalue weighted by Crippen LogP contribution is 2.23.